The van der Waals surface area contributed by atoms with E-state index in [0.29, 0.717) is 17.7 Å². The first-order valence-corrected chi connectivity index (χ1v) is 14.0. The zero-order chi connectivity index (χ0) is 29.1. The van der Waals surface area contributed by atoms with Crippen LogP contribution in [0.25, 0.3) is 10.9 Å². The zero-order valence-electron chi connectivity index (χ0n) is 22.2. The SMILES string of the molecule is CSCCC(N)C(=O)NC(Cc1c[nH]c2ccccc12)C(=O)NC(CC(=O)O)C(=O)NC(CC(C)C)C(=O)O. The molecule has 0 spiro atoms. The van der Waals surface area contributed by atoms with E-state index in [1.54, 1.807) is 20.0 Å². The van der Waals surface area contributed by atoms with Crippen molar-refractivity contribution in [3.63, 3.8) is 0 Å². The first-order valence-electron chi connectivity index (χ1n) is 12.6. The van der Waals surface area contributed by atoms with Crippen molar-refractivity contribution in [3.05, 3.63) is 36.0 Å². The Morgan fingerprint density at radius 3 is 2.18 bits per heavy atom. The number of benzene rings is 1. The second-order valence-corrected chi connectivity index (χ2v) is 10.7. The van der Waals surface area contributed by atoms with Gasteiger partial charge in [-0.3, -0.25) is 19.2 Å². The summed E-state index contributed by atoms with van der Waals surface area (Å²) in [5, 5.41) is 27.0. The van der Waals surface area contributed by atoms with Crippen LogP contribution in [0.5, 0.6) is 0 Å². The van der Waals surface area contributed by atoms with Gasteiger partial charge in [0.2, 0.25) is 17.7 Å². The van der Waals surface area contributed by atoms with E-state index in [0.717, 1.165) is 10.9 Å². The average molecular weight is 564 g/mol. The number of aromatic nitrogens is 1. The maximum Gasteiger partial charge on any atom is 0.326 e. The normalized spacial score (nSPS) is 14.3. The number of aromatic amines is 1. The van der Waals surface area contributed by atoms with Crippen molar-refractivity contribution in [2.45, 2.75) is 63.7 Å². The van der Waals surface area contributed by atoms with Crippen LogP contribution in [0.1, 0.15) is 38.7 Å². The molecule has 1 aromatic carbocycles. The van der Waals surface area contributed by atoms with Gasteiger partial charge in [0.05, 0.1) is 12.5 Å². The van der Waals surface area contributed by atoms with Gasteiger partial charge in [-0.25, -0.2) is 4.79 Å². The number of carbonyl (C=O) groups is 5. The molecule has 0 aliphatic rings. The lowest BCUT2D eigenvalue weighted by Crippen LogP contribution is -2.58. The number of aliphatic carboxylic acids is 2. The third-order valence-electron chi connectivity index (χ3n) is 6.04. The Balaban J connectivity index is 2.29. The number of thioether (sulfide) groups is 1. The number of nitrogens with one attached hydrogen (secondary N) is 4. The molecule has 2 aromatic rings. The van der Waals surface area contributed by atoms with Crippen LogP contribution < -0.4 is 21.7 Å². The molecule has 1 aromatic heterocycles. The van der Waals surface area contributed by atoms with Crippen LogP contribution in [0.4, 0.5) is 0 Å². The molecule has 0 saturated carbocycles. The van der Waals surface area contributed by atoms with Gasteiger partial charge in [-0.05, 0) is 42.4 Å². The van der Waals surface area contributed by atoms with E-state index in [9.17, 15) is 34.2 Å². The predicted molar refractivity (Wildman–Crippen MR) is 148 cm³/mol. The minimum atomic E-state index is -1.57. The average Bonchev–Trinajstić information content (AvgIpc) is 3.28. The van der Waals surface area contributed by atoms with Crippen LogP contribution in [0.15, 0.2) is 30.5 Å². The summed E-state index contributed by atoms with van der Waals surface area (Å²) in [4.78, 5) is 65.3. The molecule has 0 fully saturated rings. The Bertz CT molecular complexity index is 1170. The summed E-state index contributed by atoms with van der Waals surface area (Å²) < 4.78 is 0. The lowest BCUT2D eigenvalue weighted by atomic mass is 10.0. The second-order valence-electron chi connectivity index (χ2n) is 9.70. The number of carbonyl (C=O) groups excluding carboxylic acids is 3. The number of fused-ring (bicyclic) bond motifs is 1. The molecule has 214 valence electrons. The Morgan fingerprint density at radius 2 is 1.56 bits per heavy atom. The fraction of sp³-hybridized carbons (Fsp3) is 0.500. The van der Waals surface area contributed by atoms with Crippen molar-refractivity contribution in [1.29, 1.82) is 0 Å². The highest BCUT2D eigenvalue weighted by atomic mass is 32.2. The van der Waals surface area contributed by atoms with Gasteiger partial charge in [-0.2, -0.15) is 11.8 Å². The maximum absolute atomic E-state index is 13.4. The van der Waals surface area contributed by atoms with E-state index in [-0.39, 0.29) is 18.8 Å². The predicted octanol–water partition coefficient (Wildman–Crippen LogP) is 0.851. The molecule has 0 radical (unpaired) electrons. The number of rotatable bonds is 16. The summed E-state index contributed by atoms with van der Waals surface area (Å²) in [6.45, 7) is 3.56. The lowest BCUT2D eigenvalue weighted by molar-refractivity contribution is -0.144. The van der Waals surface area contributed by atoms with Crippen LogP contribution in [-0.2, 0) is 30.4 Å². The van der Waals surface area contributed by atoms with Crippen LogP contribution in [0, 0.1) is 5.92 Å². The van der Waals surface area contributed by atoms with Gasteiger partial charge in [0.25, 0.3) is 0 Å². The van der Waals surface area contributed by atoms with E-state index < -0.39 is 60.2 Å². The first kappa shape index (κ1) is 31.6. The quantitative estimate of drug-likeness (QED) is 0.154. The Hall–Kier alpha value is -3.58. The molecule has 13 heteroatoms. The van der Waals surface area contributed by atoms with Crippen LogP contribution >= 0.6 is 11.8 Å². The van der Waals surface area contributed by atoms with Gasteiger partial charge in [-0.15, -0.1) is 0 Å². The van der Waals surface area contributed by atoms with Crippen molar-refractivity contribution in [3.8, 4) is 0 Å². The standard InChI is InChI=1S/C26H37N5O7S/c1-14(2)10-21(26(37)38)31-25(36)20(12-22(32)33)30-24(35)19(29-23(34)17(27)8-9-39-3)11-15-13-28-18-7-5-4-6-16(15)18/h4-7,13-14,17,19-21,28H,8-12,27H2,1-3H3,(H,29,34)(H,30,35)(H,31,36)(H,32,33)(H,37,38). The minimum Gasteiger partial charge on any atom is -0.481 e. The molecule has 2 rings (SSSR count). The Morgan fingerprint density at radius 1 is 0.949 bits per heavy atom. The topological polar surface area (TPSA) is 204 Å². The number of nitrogens with two attached hydrogens (primary N) is 1. The summed E-state index contributed by atoms with van der Waals surface area (Å²) in [6.07, 6.45) is 3.32. The fourth-order valence-corrected chi connectivity index (χ4v) is 4.50. The highest BCUT2D eigenvalue weighted by Gasteiger charge is 2.32. The second kappa shape index (κ2) is 15.1. The molecule has 4 atom stereocenters. The zero-order valence-corrected chi connectivity index (χ0v) is 23.0. The number of carboxylic acids is 2. The van der Waals surface area contributed by atoms with Crippen molar-refractivity contribution in [1.82, 2.24) is 20.9 Å². The number of H-pyrrole nitrogens is 1. The molecule has 39 heavy (non-hydrogen) atoms. The molecule has 3 amide bonds. The molecule has 12 nitrogen and oxygen atoms in total. The number of hydrogen-bond donors (Lipinski definition) is 7. The number of carboxylic acid groups (broad SMARTS) is 2. The Kier molecular flexibility index (Phi) is 12.3. The fourth-order valence-electron chi connectivity index (χ4n) is 4.01. The molecule has 0 bridgehead atoms. The van der Waals surface area contributed by atoms with Crippen LogP contribution in [0.2, 0.25) is 0 Å². The van der Waals surface area contributed by atoms with E-state index >= 15 is 0 Å². The summed E-state index contributed by atoms with van der Waals surface area (Å²) in [5.74, 6) is -4.40. The summed E-state index contributed by atoms with van der Waals surface area (Å²) in [7, 11) is 0. The smallest absolute Gasteiger partial charge is 0.326 e. The van der Waals surface area contributed by atoms with Crippen molar-refractivity contribution in [2.24, 2.45) is 11.7 Å². The monoisotopic (exact) mass is 563 g/mol. The maximum atomic E-state index is 13.4. The molecular formula is C26H37N5O7S. The molecule has 4 unspecified atom stereocenters. The lowest BCUT2D eigenvalue weighted by Gasteiger charge is -2.25. The van der Waals surface area contributed by atoms with Crippen molar-refractivity contribution < 1.29 is 34.2 Å². The van der Waals surface area contributed by atoms with Crippen molar-refractivity contribution in [2.75, 3.05) is 12.0 Å². The minimum absolute atomic E-state index is 0.0311. The molecule has 8 N–H and O–H groups in total. The van der Waals surface area contributed by atoms with E-state index in [1.807, 2.05) is 30.5 Å². The molecule has 0 aliphatic carbocycles. The van der Waals surface area contributed by atoms with E-state index in [4.69, 9.17) is 5.73 Å². The molecule has 1 heterocycles. The molecule has 0 aliphatic heterocycles. The van der Waals surface area contributed by atoms with Gasteiger partial charge < -0.3 is 36.9 Å². The Labute approximate surface area is 230 Å². The van der Waals surface area contributed by atoms with E-state index in [1.165, 1.54) is 11.8 Å². The van der Waals surface area contributed by atoms with Gasteiger partial charge in [0, 0.05) is 23.5 Å². The number of para-hydroxylation sites is 1. The third kappa shape index (κ3) is 9.91. The van der Waals surface area contributed by atoms with Crippen LogP contribution in [0.3, 0.4) is 0 Å². The van der Waals surface area contributed by atoms with Gasteiger partial charge in [0.15, 0.2) is 0 Å². The van der Waals surface area contributed by atoms with Crippen molar-refractivity contribution >= 4 is 52.3 Å². The first-order chi connectivity index (χ1) is 18.4. The van der Waals surface area contributed by atoms with E-state index in [2.05, 4.69) is 20.9 Å². The highest BCUT2D eigenvalue weighted by Crippen LogP contribution is 2.19. The number of amides is 3. The third-order valence-corrected chi connectivity index (χ3v) is 6.68. The summed E-state index contributed by atoms with van der Waals surface area (Å²) in [5.41, 5.74) is 7.53. The van der Waals surface area contributed by atoms with Gasteiger partial charge in [0.1, 0.15) is 18.1 Å². The summed E-state index contributed by atoms with van der Waals surface area (Å²) in [6, 6.07) is 2.48. The largest absolute Gasteiger partial charge is 0.481 e. The van der Waals surface area contributed by atoms with Crippen LogP contribution in [-0.4, -0.2) is 81.0 Å². The highest BCUT2D eigenvalue weighted by molar-refractivity contribution is 7.98. The molecular weight excluding hydrogens is 526 g/mol. The number of hydrogen-bond acceptors (Lipinski definition) is 7. The summed E-state index contributed by atoms with van der Waals surface area (Å²) >= 11 is 1.52. The van der Waals surface area contributed by atoms with Gasteiger partial charge in [-0.1, -0.05) is 32.0 Å². The van der Waals surface area contributed by atoms with Gasteiger partial charge >= 0.3 is 11.9 Å². The molecule has 0 saturated heterocycles.